The van der Waals surface area contributed by atoms with E-state index in [9.17, 15) is 9.59 Å². The summed E-state index contributed by atoms with van der Waals surface area (Å²) in [6, 6.07) is 10.8. The molecule has 0 aliphatic carbocycles. The van der Waals surface area contributed by atoms with E-state index >= 15 is 0 Å². The highest BCUT2D eigenvalue weighted by molar-refractivity contribution is 5.97. The van der Waals surface area contributed by atoms with Crippen LogP contribution in [0, 0.1) is 5.92 Å². The number of hydrogen-bond acceptors (Lipinski definition) is 4. The van der Waals surface area contributed by atoms with Crippen molar-refractivity contribution in [1.82, 2.24) is 15.6 Å². The van der Waals surface area contributed by atoms with Gasteiger partial charge in [0.05, 0.1) is 0 Å². The maximum absolute atomic E-state index is 12.7. The largest absolute Gasteiger partial charge is 0.363 e. The Balaban J connectivity index is 2.00. The number of rotatable bonds is 7. The van der Waals surface area contributed by atoms with Crippen LogP contribution in [0.4, 0.5) is 5.82 Å². The van der Waals surface area contributed by atoms with Crippen LogP contribution in [0.1, 0.15) is 56.1 Å². The number of nitrogens with zero attached hydrogens (tertiary/aromatic N) is 2. The van der Waals surface area contributed by atoms with Crippen molar-refractivity contribution in [3.63, 3.8) is 0 Å². The summed E-state index contributed by atoms with van der Waals surface area (Å²) < 4.78 is 0. The number of benzene rings is 1. The Kier molecular flexibility index (Phi) is 7.59. The SMILES string of the molecule is CC(C)C(NC(=O)c1ccc(C(C)(C)C)cc1)C(=O)NCc1ccc(N(C)C)nc1. The van der Waals surface area contributed by atoms with Gasteiger partial charge in [-0.2, -0.15) is 0 Å². The van der Waals surface area contributed by atoms with Gasteiger partial charge in [-0.15, -0.1) is 0 Å². The molecule has 1 atom stereocenters. The predicted octanol–water partition coefficient (Wildman–Crippen LogP) is 3.52. The van der Waals surface area contributed by atoms with Crippen molar-refractivity contribution in [3.05, 3.63) is 59.3 Å². The fourth-order valence-corrected chi connectivity index (χ4v) is 2.97. The molecule has 0 saturated carbocycles. The van der Waals surface area contributed by atoms with Crippen LogP contribution in [0.25, 0.3) is 0 Å². The zero-order valence-electron chi connectivity index (χ0n) is 19.1. The first-order valence-electron chi connectivity index (χ1n) is 10.3. The molecule has 2 amide bonds. The minimum absolute atomic E-state index is 0.0228. The van der Waals surface area contributed by atoms with Crippen molar-refractivity contribution >= 4 is 17.6 Å². The Hall–Kier alpha value is -2.89. The van der Waals surface area contributed by atoms with Crippen molar-refractivity contribution < 1.29 is 9.59 Å². The molecule has 0 radical (unpaired) electrons. The van der Waals surface area contributed by atoms with E-state index in [1.807, 2.05) is 69.2 Å². The predicted molar refractivity (Wildman–Crippen MR) is 122 cm³/mol. The van der Waals surface area contributed by atoms with Gasteiger partial charge in [0.1, 0.15) is 11.9 Å². The molecule has 1 unspecified atom stereocenters. The third kappa shape index (κ3) is 6.31. The minimum Gasteiger partial charge on any atom is -0.363 e. The van der Waals surface area contributed by atoms with Gasteiger partial charge < -0.3 is 15.5 Å². The summed E-state index contributed by atoms with van der Waals surface area (Å²) in [5.74, 6) is 0.356. The summed E-state index contributed by atoms with van der Waals surface area (Å²) in [5, 5.41) is 5.79. The average molecular weight is 411 g/mol. The molecule has 0 saturated heterocycles. The molecular formula is C24H34N4O2. The Morgan fingerprint density at radius 1 is 1.03 bits per heavy atom. The molecule has 0 aliphatic rings. The van der Waals surface area contributed by atoms with Crippen LogP contribution in [0.5, 0.6) is 0 Å². The van der Waals surface area contributed by atoms with Gasteiger partial charge in [0.2, 0.25) is 5.91 Å². The van der Waals surface area contributed by atoms with E-state index < -0.39 is 6.04 Å². The number of anilines is 1. The molecule has 0 aliphatic heterocycles. The smallest absolute Gasteiger partial charge is 0.251 e. The van der Waals surface area contributed by atoms with Crippen LogP contribution in [-0.2, 0) is 16.8 Å². The number of pyridine rings is 1. The van der Waals surface area contributed by atoms with E-state index in [-0.39, 0.29) is 23.1 Å². The van der Waals surface area contributed by atoms with Gasteiger partial charge in [-0.3, -0.25) is 9.59 Å². The highest BCUT2D eigenvalue weighted by Crippen LogP contribution is 2.22. The first kappa shape index (κ1) is 23.4. The van der Waals surface area contributed by atoms with E-state index in [0.29, 0.717) is 12.1 Å². The molecule has 162 valence electrons. The molecule has 1 aromatic heterocycles. The zero-order valence-corrected chi connectivity index (χ0v) is 19.1. The molecule has 0 spiro atoms. The molecule has 2 N–H and O–H groups in total. The maximum atomic E-state index is 12.7. The van der Waals surface area contributed by atoms with Gasteiger partial charge in [-0.25, -0.2) is 4.98 Å². The first-order valence-corrected chi connectivity index (χ1v) is 10.3. The zero-order chi connectivity index (χ0) is 22.5. The number of carbonyl (C=O) groups is 2. The Morgan fingerprint density at radius 2 is 1.67 bits per heavy atom. The molecule has 1 heterocycles. The summed E-state index contributed by atoms with van der Waals surface area (Å²) in [7, 11) is 3.85. The van der Waals surface area contributed by atoms with E-state index in [1.54, 1.807) is 6.20 Å². The van der Waals surface area contributed by atoms with Crippen LogP contribution in [0.15, 0.2) is 42.6 Å². The van der Waals surface area contributed by atoms with Crippen molar-refractivity contribution in [2.45, 2.75) is 52.6 Å². The van der Waals surface area contributed by atoms with Crippen molar-refractivity contribution in [1.29, 1.82) is 0 Å². The average Bonchev–Trinajstić information content (AvgIpc) is 2.69. The van der Waals surface area contributed by atoms with Gasteiger partial charge in [0.25, 0.3) is 5.91 Å². The molecule has 0 fully saturated rings. The van der Waals surface area contributed by atoms with Gasteiger partial charge in [-0.05, 0) is 40.7 Å². The summed E-state index contributed by atoms with van der Waals surface area (Å²) in [4.78, 5) is 31.7. The van der Waals surface area contributed by atoms with E-state index in [2.05, 4.69) is 36.4 Å². The molecule has 2 aromatic rings. The number of carbonyl (C=O) groups excluding carboxylic acids is 2. The van der Waals surface area contributed by atoms with E-state index in [1.165, 1.54) is 0 Å². The third-order valence-electron chi connectivity index (χ3n) is 4.98. The van der Waals surface area contributed by atoms with Crippen molar-refractivity contribution in [2.75, 3.05) is 19.0 Å². The Labute approximate surface area is 180 Å². The maximum Gasteiger partial charge on any atom is 0.251 e. The lowest BCUT2D eigenvalue weighted by Gasteiger charge is -2.22. The minimum atomic E-state index is -0.617. The normalized spacial score (nSPS) is 12.4. The fraction of sp³-hybridized carbons (Fsp3) is 0.458. The van der Waals surface area contributed by atoms with Crippen LogP contribution in [0.3, 0.4) is 0 Å². The Morgan fingerprint density at radius 3 is 2.13 bits per heavy atom. The second kappa shape index (κ2) is 9.74. The summed E-state index contributed by atoms with van der Waals surface area (Å²) in [6.07, 6.45) is 1.75. The fourth-order valence-electron chi connectivity index (χ4n) is 2.97. The summed E-state index contributed by atoms with van der Waals surface area (Å²) in [6.45, 7) is 10.6. The lowest BCUT2D eigenvalue weighted by atomic mass is 9.86. The van der Waals surface area contributed by atoms with Crippen LogP contribution in [-0.4, -0.2) is 36.9 Å². The second-order valence-corrected chi connectivity index (χ2v) is 9.16. The monoisotopic (exact) mass is 410 g/mol. The summed E-state index contributed by atoms with van der Waals surface area (Å²) >= 11 is 0. The lowest BCUT2D eigenvalue weighted by Crippen LogP contribution is -2.49. The lowest BCUT2D eigenvalue weighted by molar-refractivity contribution is -0.124. The van der Waals surface area contributed by atoms with Crippen molar-refractivity contribution in [2.24, 2.45) is 5.92 Å². The molecule has 30 heavy (non-hydrogen) atoms. The van der Waals surface area contributed by atoms with Crippen LogP contribution in [0.2, 0.25) is 0 Å². The number of hydrogen-bond donors (Lipinski definition) is 2. The number of nitrogens with one attached hydrogen (secondary N) is 2. The quantitative estimate of drug-likeness (QED) is 0.732. The number of aromatic nitrogens is 1. The standard InChI is InChI=1S/C24H34N4O2/c1-16(2)21(23(30)26-15-17-8-13-20(25-14-17)28(6)7)27-22(29)18-9-11-19(12-10-18)24(3,4)5/h8-14,16,21H,15H2,1-7H3,(H,26,30)(H,27,29). The second-order valence-electron chi connectivity index (χ2n) is 9.16. The topological polar surface area (TPSA) is 74.3 Å². The molecule has 6 nitrogen and oxygen atoms in total. The highest BCUT2D eigenvalue weighted by Gasteiger charge is 2.25. The van der Waals surface area contributed by atoms with Crippen molar-refractivity contribution in [3.8, 4) is 0 Å². The van der Waals surface area contributed by atoms with E-state index in [0.717, 1.165) is 16.9 Å². The Bertz CT molecular complexity index is 850. The summed E-state index contributed by atoms with van der Waals surface area (Å²) in [5.41, 5.74) is 2.63. The van der Waals surface area contributed by atoms with Crippen LogP contribution >= 0.6 is 0 Å². The highest BCUT2D eigenvalue weighted by atomic mass is 16.2. The third-order valence-corrected chi connectivity index (χ3v) is 4.98. The van der Waals surface area contributed by atoms with Gasteiger partial charge in [-0.1, -0.05) is 52.8 Å². The molecule has 6 heteroatoms. The van der Waals surface area contributed by atoms with Gasteiger partial charge in [0, 0.05) is 32.4 Å². The number of amides is 2. The van der Waals surface area contributed by atoms with Gasteiger partial charge >= 0.3 is 0 Å². The molecule has 1 aromatic carbocycles. The molecule has 2 rings (SSSR count). The van der Waals surface area contributed by atoms with Crippen LogP contribution < -0.4 is 15.5 Å². The molecule has 0 bridgehead atoms. The first-order chi connectivity index (χ1) is 14.0. The molecular weight excluding hydrogens is 376 g/mol. The van der Waals surface area contributed by atoms with E-state index in [4.69, 9.17) is 0 Å². The van der Waals surface area contributed by atoms with Gasteiger partial charge in [0.15, 0.2) is 0 Å².